The topological polar surface area (TPSA) is 23.3 Å². The van der Waals surface area contributed by atoms with Crippen LogP contribution in [0.1, 0.15) is 17.4 Å². The summed E-state index contributed by atoms with van der Waals surface area (Å²) < 4.78 is 6.32. The van der Waals surface area contributed by atoms with Crippen LogP contribution in [-0.4, -0.2) is 13.6 Å². The Balaban J connectivity index is 1.90. The third-order valence-corrected chi connectivity index (χ3v) is 4.46. The number of fused-ring (bicyclic) bond motifs is 1. The molecule has 108 valence electrons. The second-order valence-electron chi connectivity index (χ2n) is 4.93. The number of ether oxygens (including phenoxy) is 1. The van der Waals surface area contributed by atoms with Gasteiger partial charge in [-0.3, -0.25) is 0 Å². The molecule has 1 heterocycles. The molecule has 0 bridgehead atoms. The van der Waals surface area contributed by atoms with Gasteiger partial charge in [-0.05, 0) is 29.3 Å². The molecule has 0 aliphatic heterocycles. The van der Waals surface area contributed by atoms with Crippen LogP contribution in [0.15, 0.2) is 60.0 Å². The minimum absolute atomic E-state index is 0.0690. The fraction of sp³-hybridized carbons (Fsp3) is 0.222. The van der Waals surface area contributed by atoms with Crippen molar-refractivity contribution in [2.24, 2.45) is 0 Å². The predicted molar refractivity (Wildman–Crippen MR) is 90.4 cm³/mol. The lowest BCUT2D eigenvalue weighted by atomic mass is 10.1. The molecule has 3 rings (SSSR count). The summed E-state index contributed by atoms with van der Waals surface area (Å²) in [5.74, 6) is 0.947. The minimum Gasteiger partial charge on any atom is -0.665 e. The van der Waals surface area contributed by atoms with Gasteiger partial charge in [-0.2, -0.15) is 7.05 Å². The molecule has 0 aliphatic rings. The zero-order chi connectivity index (χ0) is 14.5. The molecule has 0 radical (unpaired) electrons. The molecule has 3 aromatic rings. The van der Waals surface area contributed by atoms with Crippen molar-refractivity contribution in [2.45, 2.75) is 12.5 Å². The summed E-state index contributed by atoms with van der Waals surface area (Å²) >= 11 is 1.74. The summed E-state index contributed by atoms with van der Waals surface area (Å²) in [6, 6.07) is 18.8. The Morgan fingerprint density at radius 2 is 1.90 bits per heavy atom. The first-order valence-corrected chi connectivity index (χ1v) is 8.00. The van der Waals surface area contributed by atoms with Crippen molar-refractivity contribution in [3.05, 3.63) is 70.2 Å². The van der Waals surface area contributed by atoms with Gasteiger partial charge < -0.3 is 10.1 Å². The summed E-state index contributed by atoms with van der Waals surface area (Å²) in [6.07, 6.45) is 0.972. The first-order valence-electron chi connectivity index (χ1n) is 7.12. The van der Waals surface area contributed by atoms with Crippen LogP contribution < -0.4 is 4.74 Å². The number of benzene rings is 2. The van der Waals surface area contributed by atoms with Crippen molar-refractivity contribution < 1.29 is 4.74 Å². The van der Waals surface area contributed by atoms with E-state index in [1.54, 1.807) is 11.3 Å². The van der Waals surface area contributed by atoms with Crippen molar-refractivity contribution in [1.29, 1.82) is 0 Å². The molecule has 0 amide bonds. The van der Waals surface area contributed by atoms with Crippen molar-refractivity contribution in [2.75, 3.05) is 13.6 Å². The highest BCUT2D eigenvalue weighted by Crippen LogP contribution is 2.32. The quantitative estimate of drug-likeness (QED) is 0.596. The zero-order valence-electron chi connectivity index (χ0n) is 12.0. The summed E-state index contributed by atoms with van der Waals surface area (Å²) in [5.41, 5.74) is 0. The molecular weight excluding hydrogens is 278 g/mol. The van der Waals surface area contributed by atoms with Gasteiger partial charge in [0, 0.05) is 10.3 Å². The second kappa shape index (κ2) is 6.74. The Labute approximate surface area is 129 Å². The molecule has 2 aromatic carbocycles. The number of hydrogen-bond acceptors (Lipinski definition) is 2. The van der Waals surface area contributed by atoms with Gasteiger partial charge in [0.25, 0.3) is 0 Å². The Morgan fingerprint density at radius 1 is 1.05 bits per heavy atom. The Morgan fingerprint density at radius 3 is 2.71 bits per heavy atom. The van der Waals surface area contributed by atoms with Crippen molar-refractivity contribution in [1.82, 2.24) is 0 Å². The average Bonchev–Trinajstić information content (AvgIpc) is 3.06. The van der Waals surface area contributed by atoms with Crippen molar-refractivity contribution in [3.63, 3.8) is 0 Å². The first kappa shape index (κ1) is 14.1. The molecule has 0 spiro atoms. The zero-order valence-corrected chi connectivity index (χ0v) is 12.8. The standard InChI is InChI=1S/C18H18NOS/c1-19-12-11-17(18-10-5-13-21-18)20-16-9-4-7-14-6-2-3-8-15(14)16/h2-10,13,17H,11-12H2,1H3/q-1. The lowest BCUT2D eigenvalue weighted by Gasteiger charge is -2.22. The van der Waals surface area contributed by atoms with Gasteiger partial charge in [0.15, 0.2) is 0 Å². The normalized spacial score (nSPS) is 12.4. The predicted octanol–water partition coefficient (Wildman–Crippen LogP) is 5.42. The van der Waals surface area contributed by atoms with Crippen LogP contribution in [-0.2, 0) is 0 Å². The van der Waals surface area contributed by atoms with Crippen molar-refractivity contribution >= 4 is 22.1 Å². The van der Waals surface area contributed by atoms with E-state index < -0.39 is 0 Å². The van der Waals surface area contributed by atoms with Gasteiger partial charge in [-0.15, -0.1) is 17.9 Å². The molecule has 3 heteroatoms. The highest BCUT2D eigenvalue weighted by molar-refractivity contribution is 7.10. The largest absolute Gasteiger partial charge is 0.665 e. The van der Waals surface area contributed by atoms with Gasteiger partial charge in [-0.25, -0.2) is 0 Å². The fourth-order valence-corrected chi connectivity index (χ4v) is 3.22. The SMILES string of the molecule is C[N-]CCC(Oc1cccc2ccccc12)c1cccs1. The molecule has 1 atom stereocenters. The van der Waals surface area contributed by atoms with E-state index in [2.05, 4.69) is 53.2 Å². The Kier molecular flexibility index (Phi) is 4.53. The van der Waals surface area contributed by atoms with Crippen LogP contribution in [0.25, 0.3) is 16.1 Å². The maximum absolute atomic E-state index is 6.32. The average molecular weight is 296 g/mol. The van der Waals surface area contributed by atoms with Crippen LogP contribution >= 0.6 is 11.3 Å². The van der Waals surface area contributed by atoms with E-state index >= 15 is 0 Å². The van der Waals surface area contributed by atoms with Gasteiger partial charge in [0.1, 0.15) is 11.9 Å². The van der Waals surface area contributed by atoms with Gasteiger partial charge in [0.2, 0.25) is 0 Å². The van der Waals surface area contributed by atoms with Gasteiger partial charge >= 0.3 is 0 Å². The third kappa shape index (κ3) is 3.26. The van der Waals surface area contributed by atoms with Crippen molar-refractivity contribution in [3.8, 4) is 5.75 Å². The summed E-state index contributed by atoms with van der Waals surface area (Å²) in [4.78, 5) is 1.26. The van der Waals surface area contributed by atoms with Crippen LogP contribution in [0.5, 0.6) is 5.75 Å². The van der Waals surface area contributed by atoms with Crippen LogP contribution in [0.2, 0.25) is 0 Å². The maximum atomic E-state index is 6.32. The second-order valence-corrected chi connectivity index (χ2v) is 5.91. The highest BCUT2D eigenvalue weighted by Gasteiger charge is 2.14. The molecule has 1 aromatic heterocycles. The Bertz CT molecular complexity index is 688. The lowest BCUT2D eigenvalue weighted by molar-refractivity contribution is 0.206. The number of rotatable bonds is 6. The summed E-state index contributed by atoms with van der Waals surface area (Å²) in [5, 5.41) is 8.68. The number of nitrogens with zero attached hydrogens (tertiary/aromatic N) is 1. The van der Waals surface area contributed by atoms with Gasteiger partial charge in [-0.1, -0.05) is 42.5 Å². The van der Waals surface area contributed by atoms with E-state index in [1.165, 1.54) is 10.3 Å². The number of hydrogen-bond donors (Lipinski definition) is 0. The molecule has 0 fully saturated rings. The summed E-state index contributed by atoms with van der Waals surface area (Å²) in [6.45, 7) is 0.813. The van der Waals surface area contributed by atoms with Gasteiger partial charge in [0.05, 0.1) is 0 Å². The fourth-order valence-electron chi connectivity index (χ4n) is 2.43. The van der Waals surface area contributed by atoms with Crippen LogP contribution in [0.3, 0.4) is 0 Å². The van der Waals surface area contributed by atoms with E-state index in [1.807, 2.05) is 19.2 Å². The molecule has 0 saturated heterocycles. The molecule has 0 N–H and O–H groups in total. The molecule has 21 heavy (non-hydrogen) atoms. The maximum Gasteiger partial charge on any atom is 0.131 e. The monoisotopic (exact) mass is 296 g/mol. The van der Waals surface area contributed by atoms with E-state index in [4.69, 9.17) is 4.74 Å². The molecule has 0 saturated carbocycles. The third-order valence-electron chi connectivity index (χ3n) is 3.49. The summed E-state index contributed by atoms with van der Waals surface area (Å²) in [7, 11) is 1.85. The smallest absolute Gasteiger partial charge is 0.131 e. The highest BCUT2D eigenvalue weighted by atomic mass is 32.1. The minimum atomic E-state index is 0.0690. The Hall–Kier alpha value is -1.84. The lowest BCUT2D eigenvalue weighted by Crippen LogP contribution is -2.08. The van der Waals surface area contributed by atoms with Crippen LogP contribution in [0, 0.1) is 0 Å². The molecule has 2 nitrogen and oxygen atoms in total. The first-order chi connectivity index (χ1) is 10.4. The molecular formula is C18H18NOS-. The number of thiophene rings is 1. The van der Waals surface area contributed by atoms with Crippen LogP contribution in [0.4, 0.5) is 0 Å². The molecule has 1 unspecified atom stereocenters. The van der Waals surface area contributed by atoms with E-state index in [-0.39, 0.29) is 6.10 Å². The molecule has 0 aliphatic carbocycles. The van der Waals surface area contributed by atoms with E-state index in [0.717, 1.165) is 24.1 Å². The van der Waals surface area contributed by atoms with E-state index in [0.29, 0.717) is 0 Å². The van der Waals surface area contributed by atoms with E-state index in [9.17, 15) is 0 Å².